The lowest BCUT2D eigenvalue weighted by Crippen LogP contribution is -2.05. The number of carbonyl (C=O) groups is 1. The summed E-state index contributed by atoms with van der Waals surface area (Å²) in [5.74, 6) is 1.09. The molecule has 0 amide bonds. The number of aromatic hydroxyl groups is 1. The van der Waals surface area contributed by atoms with E-state index in [2.05, 4.69) is 6.92 Å². The molecular weight excluding hydrogens is 535 g/mol. The monoisotopic (exact) mass is 572 g/mol. The van der Waals surface area contributed by atoms with E-state index in [1.165, 1.54) is 18.2 Å². The van der Waals surface area contributed by atoms with Crippen molar-refractivity contribution >= 4 is 5.97 Å². The smallest absolute Gasteiger partial charge is 0.339 e. The van der Waals surface area contributed by atoms with Crippen LogP contribution in [0.15, 0.2) is 78.9 Å². The molecule has 0 aliphatic heterocycles. The summed E-state index contributed by atoms with van der Waals surface area (Å²) in [6.45, 7) is 5.08. The quantitative estimate of drug-likeness (QED) is 0.138. The van der Waals surface area contributed by atoms with Crippen molar-refractivity contribution < 1.29 is 33.6 Å². The van der Waals surface area contributed by atoms with E-state index in [-0.39, 0.29) is 17.1 Å². The Hall–Kier alpha value is -4.52. The zero-order valence-electron chi connectivity index (χ0n) is 24.1. The molecule has 0 aromatic heterocycles. The van der Waals surface area contributed by atoms with Gasteiger partial charge < -0.3 is 24.4 Å². The van der Waals surface area contributed by atoms with Crippen molar-refractivity contribution in [2.24, 2.45) is 0 Å². The minimum Gasteiger partial charge on any atom is -0.507 e. The highest BCUT2D eigenvalue weighted by molar-refractivity contribution is 5.91. The van der Waals surface area contributed by atoms with Crippen LogP contribution in [0.3, 0.4) is 0 Å². The number of carboxylic acid groups (broad SMARTS) is 1. The molecule has 7 heteroatoms. The van der Waals surface area contributed by atoms with E-state index in [0.29, 0.717) is 42.4 Å². The van der Waals surface area contributed by atoms with Crippen LogP contribution in [-0.2, 0) is 12.8 Å². The summed E-state index contributed by atoms with van der Waals surface area (Å²) in [5, 5.41) is 20.4. The second kappa shape index (κ2) is 14.9. The van der Waals surface area contributed by atoms with Crippen LogP contribution < -0.4 is 14.2 Å². The van der Waals surface area contributed by atoms with Gasteiger partial charge in [0.05, 0.1) is 13.2 Å². The van der Waals surface area contributed by atoms with Crippen LogP contribution in [0.4, 0.5) is 4.39 Å². The van der Waals surface area contributed by atoms with E-state index in [9.17, 15) is 19.4 Å². The molecule has 0 bridgehead atoms. The minimum absolute atomic E-state index is 0.110. The van der Waals surface area contributed by atoms with E-state index in [4.69, 9.17) is 14.2 Å². The van der Waals surface area contributed by atoms with Crippen LogP contribution in [0.25, 0.3) is 11.1 Å². The highest BCUT2D eigenvalue weighted by atomic mass is 19.1. The number of hydrogen-bond acceptors (Lipinski definition) is 5. The van der Waals surface area contributed by atoms with Gasteiger partial charge in [-0.15, -0.1) is 0 Å². The first-order valence-electron chi connectivity index (χ1n) is 14.4. The van der Waals surface area contributed by atoms with Gasteiger partial charge in [-0.2, -0.15) is 0 Å². The van der Waals surface area contributed by atoms with Gasteiger partial charge in [0.1, 0.15) is 40.1 Å². The summed E-state index contributed by atoms with van der Waals surface area (Å²) >= 11 is 0. The molecule has 0 spiro atoms. The topological polar surface area (TPSA) is 85.2 Å². The number of phenolic OH excluding ortho intramolecular Hbond substituents is 1. The Morgan fingerprint density at radius 1 is 0.738 bits per heavy atom. The number of para-hydroxylation sites is 1. The molecule has 42 heavy (non-hydrogen) atoms. The standard InChI is InChI=1S/C35H37FO6/c1-3-11-28-30(14-10-15-32(28)42-33-13-7-6-12-29(33)35(38)39)40-22-8-5-9-23-41-31-21-20-27(34(37)26(31)4-2)24-16-18-25(36)19-17-24/h6-7,10,12-21,37H,3-5,8-9,11,22-23H2,1-2H3,(H,38,39). The molecule has 0 saturated heterocycles. The van der Waals surface area contributed by atoms with Gasteiger partial charge in [-0.05, 0) is 86.2 Å². The van der Waals surface area contributed by atoms with Crippen LogP contribution in [0.5, 0.6) is 28.7 Å². The zero-order chi connectivity index (χ0) is 29.9. The van der Waals surface area contributed by atoms with Crippen LogP contribution in [-0.4, -0.2) is 29.4 Å². The molecule has 4 rings (SSSR count). The number of benzene rings is 4. The Kier molecular flexibility index (Phi) is 10.8. The Morgan fingerprint density at radius 3 is 2.05 bits per heavy atom. The van der Waals surface area contributed by atoms with Crippen molar-refractivity contribution in [2.45, 2.75) is 52.4 Å². The fourth-order valence-corrected chi connectivity index (χ4v) is 4.83. The van der Waals surface area contributed by atoms with Gasteiger partial charge in [-0.25, -0.2) is 9.18 Å². The first-order chi connectivity index (χ1) is 20.4. The first-order valence-corrected chi connectivity index (χ1v) is 14.4. The maximum absolute atomic E-state index is 13.3. The third kappa shape index (κ3) is 7.60. The molecule has 4 aromatic carbocycles. The summed E-state index contributed by atoms with van der Waals surface area (Å²) in [6.07, 6.45) is 4.78. The van der Waals surface area contributed by atoms with Gasteiger partial charge in [-0.1, -0.05) is 50.6 Å². The lowest BCUT2D eigenvalue weighted by molar-refractivity contribution is 0.0694. The second-order valence-corrected chi connectivity index (χ2v) is 9.94. The minimum atomic E-state index is -1.04. The van der Waals surface area contributed by atoms with Crippen molar-refractivity contribution in [1.29, 1.82) is 0 Å². The molecule has 6 nitrogen and oxygen atoms in total. The molecule has 220 valence electrons. The van der Waals surface area contributed by atoms with Crippen molar-refractivity contribution in [3.05, 3.63) is 101 Å². The van der Waals surface area contributed by atoms with Gasteiger partial charge >= 0.3 is 5.97 Å². The first kappa shape index (κ1) is 30.4. The van der Waals surface area contributed by atoms with E-state index >= 15 is 0 Å². The molecule has 0 aliphatic rings. The summed E-state index contributed by atoms with van der Waals surface area (Å²) in [6, 6.07) is 21.9. The van der Waals surface area contributed by atoms with E-state index in [1.54, 1.807) is 36.4 Å². The molecule has 0 aliphatic carbocycles. The number of carboxylic acids is 1. The third-order valence-corrected chi connectivity index (χ3v) is 6.98. The maximum Gasteiger partial charge on any atom is 0.339 e. The average Bonchev–Trinajstić information content (AvgIpc) is 2.99. The van der Waals surface area contributed by atoms with Crippen molar-refractivity contribution in [3.8, 4) is 39.9 Å². The molecule has 0 unspecified atom stereocenters. The van der Waals surface area contributed by atoms with Gasteiger partial charge in [0, 0.05) is 16.7 Å². The Balaban J connectivity index is 1.29. The predicted molar refractivity (Wildman–Crippen MR) is 162 cm³/mol. The number of hydrogen-bond donors (Lipinski definition) is 2. The number of aromatic carboxylic acids is 1. The molecule has 0 fully saturated rings. The van der Waals surface area contributed by atoms with E-state index < -0.39 is 5.97 Å². The van der Waals surface area contributed by atoms with Gasteiger partial charge in [0.25, 0.3) is 0 Å². The maximum atomic E-state index is 13.3. The Morgan fingerprint density at radius 2 is 1.38 bits per heavy atom. The fraction of sp³-hybridized carbons (Fsp3) is 0.286. The number of halogens is 1. The van der Waals surface area contributed by atoms with Crippen molar-refractivity contribution in [3.63, 3.8) is 0 Å². The molecule has 0 saturated carbocycles. The lowest BCUT2D eigenvalue weighted by Gasteiger charge is -2.17. The largest absolute Gasteiger partial charge is 0.507 e. The van der Waals surface area contributed by atoms with Gasteiger partial charge in [-0.3, -0.25) is 0 Å². The van der Waals surface area contributed by atoms with Crippen LogP contribution >= 0.6 is 0 Å². The zero-order valence-corrected chi connectivity index (χ0v) is 24.1. The molecule has 0 heterocycles. The van der Waals surface area contributed by atoms with Gasteiger partial charge in [0.15, 0.2) is 0 Å². The summed E-state index contributed by atoms with van der Waals surface area (Å²) < 4.78 is 31.5. The summed E-state index contributed by atoms with van der Waals surface area (Å²) in [5.41, 5.74) is 3.16. The number of rotatable bonds is 15. The number of ether oxygens (including phenoxy) is 3. The Labute approximate surface area is 246 Å². The molecule has 0 radical (unpaired) electrons. The van der Waals surface area contributed by atoms with Crippen molar-refractivity contribution in [1.82, 2.24) is 0 Å². The molecule has 2 N–H and O–H groups in total. The van der Waals surface area contributed by atoms with E-state index in [1.807, 2.05) is 31.2 Å². The van der Waals surface area contributed by atoms with Gasteiger partial charge in [0.2, 0.25) is 0 Å². The van der Waals surface area contributed by atoms with Crippen LogP contribution in [0, 0.1) is 5.82 Å². The normalized spacial score (nSPS) is 10.8. The number of phenols is 1. The molecule has 0 atom stereocenters. The van der Waals surface area contributed by atoms with Crippen molar-refractivity contribution in [2.75, 3.05) is 13.2 Å². The van der Waals surface area contributed by atoms with E-state index in [0.717, 1.165) is 54.5 Å². The number of unbranched alkanes of at least 4 members (excludes halogenated alkanes) is 2. The predicted octanol–water partition coefficient (Wildman–Crippen LogP) is 8.83. The fourth-order valence-electron chi connectivity index (χ4n) is 4.83. The average molecular weight is 573 g/mol. The SMILES string of the molecule is CCCc1c(OCCCCCOc2ccc(-c3ccc(F)cc3)c(O)c2CC)cccc1Oc1ccccc1C(=O)O. The molecule has 4 aromatic rings. The molecular formula is C35H37FO6. The van der Waals surface area contributed by atoms with Crippen LogP contribution in [0.2, 0.25) is 0 Å². The highest BCUT2D eigenvalue weighted by Crippen LogP contribution is 2.38. The third-order valence-electron chi connectivity index (χ3n) is 6.98. The summed E-state index contributed by atoms with van der Waals surface area (Å²) in [7, 11) is 0. The lowest BCUT2D eigenvalue weighted by atomic mass is 9.99. The second-order valence-electron chi connectivity index (χ2n) is 9.94. The van der Waals surface area contributed by atoms with Crippen LogP contribution in [0.1, 0.15) is 61.0 Å². The highest BCUT2D eigenvalue weighted by Gasteiger charge is 2.16. The summed E-state index contributed by atoms with van der Waals surface area (Å²) in [4.78, 5) is 11.6. The Bertz CT molecular complexity index is 1480.